The number of hydrogen-bond donors (Lipinski definition) is 1. The van der Waals surface area contributed by atoms with E-state index in [1.165, 1.54) is 63.6 Å². The van der Waals surface area contributed by atoms with Gasteiger partial charge in [-0.3, -0.25) is 4.90 Å². The lowest BCUT2D eigenvalue weighted by Gasteiger charge is -2.49. The maximum Gasteiger partial charge on any atom is 0.319 e. The number of piperidine rings is 1. The fourth-order valence-electron chi connectivity index (χ4n) is 10.1. The Bertz CT molecular complexity index is 2080. The molecule has 4 heterocycles. The van der Waals surface area contributed by atoms with E-state index >= 15 is 8.78 Å². The van der Waals surface area contributed by atoms with E-state index < -0.39 is 11.6 Å². The number of likely N-dealkylation sites (tertiary alicyclic amines) is 1. The number of ether oxygens (including phenoxy) is 3. The maximum absolute atomic E-state index is 17.2. The van der Waals surface area contributed by atoms with Crippen molar-refractivity contribution in [1.82, 2.24) is 19.9 Å². The lowest BCUT2D eigenvalue weighted by Crippen LogP contribution is -2.54. The van der Waals surface area contributed by atoms with Gasteiger partial charge in [-0.15, -0.1) is 6.42 Å². The lowest BCUT2D eigenvalue weighted by molar-refractivity contribution is -0.0213. The minimum absolute atomic E-state index is 0.00991. The first-order valence-electron chi connectivity index (χ1n) is 18.9. The zero-order chi connectivity index (χ0) is 35.6. The van der Waals surface area contributed by atoms with Crippen molar-refractivity contribution in [2.24, 2.45) is 16.7 Å². The van der Waals surface area contributed by atoms with E-state index in [4.69, 9.17) is 30.6 Å². The first-order chi connectivity index (χ1) is 25.3. The van der Waals surface area contributed by atoms with Crippen molar-refractivity contribution in [3.63, 3.8) is 0 Å². The van der Waals surface area contributed by atoms with Gasteiger partial charge in [-0.1, -0.05) is 18.4 Å². The summed E-state index contributed by atoms with van der Waals surface area (Å²) in [5, 5.41) is 11.7. The fourth-order valence-corrected chi connectivity index (χ4v) is 10.1. The Morgan fingerprint density at radius 3 is 2.65 bits per heavy atom. The normalized spacial score (nSPS) is 24.4. The van der Waals surface area contributed by atoms with Crippen LogP contribution in [-0.2, 0) is 4.74 Å². The van der Waals surface area contributed by atoms with Gasteiger partial charge in [0.15, 0.2) is 5.82 Å². The number of fused-ring (bicyclic) bond motifs is 3. The number of anilines is 1. The Labute approximate surface area is 302 Å². The molecule has 2 saturated heterocycles. The van der Waals surface area contributed by atoms with Gasteiger partial charge in [0.1, 0.15) is 34.0 Å². The molecule has 1 N–H and O–H groups in total. The van der Waals surface area contributed by atoms with Crippen LogP contribution in [0.5, 0.6) is 17.6 Å². The Hall–Kier alpha value is -4.27. The number of phenolic OH excluding ortho intramolecular Hbond substituents is 1. The van der Waals surface area contributed by atoms with E-state index in [0.29, 0.717) is 61.0 Å². The van der Waals surface area contributed by atoms with Crippen molar-refractivity contribution < 1.29 is 28.1 Å². The maximum atomic E-state index is 17.2. The average Bonchev–Trinajstić information content (AvgIpc) is 3.88. The van der Waals surface area contributed by atoms with E-state index in [1.54, 1.807) is 0 Å². The predicted molar refractivity (Wildman–Crippen MR) is 195 cm³/mol. The molecule has 9 rings (SSSR count). The quantitative estimate of drug-likeness (QED) is 0.190. The summed E-state index contributed by atoms with van der Waals surface area (Å²) in [4.78, 5) is 19.1. The average molecular weight is 710 g/mol. The van der Waals surface area contributed by atoms with Crippen LogP contribution in [0, 0.1) is 40.7 Å². The van der Waals surface area contributed by atoms with Crippen LogP contribution in [0.1, 0.15) is 69.8 Å². The molecule has 2 aromatic carbocycles. The minimum Gasteiger partial charge on any atom is -0.508 e. The van der Waals surface area contributed by atoms with Gasteiger partial charge in [0.05, 0.1) is 25.9 Å². The molecule has 3 aliphatic carbocycles. The molecule has 52 heavy (non-hydrogen) atoms. The van der Waals surface area contributed by atoms with E-state index in [0.717, 1.165) is 51.0 Å². The SMILES string of the molecule is C#Cc1c(F)ccc2cc(O)cc(-c3nc(OC)c4c(N5CCCOCC5)nc(OC[C@]56CCC[C@H]5N(CC5CC7(CC7)C5)CCC6)nc4c3F)c12. The van der Waals surface area contributed by atoms with Crippen molar-refractivity contribution in [2.45, 2.75) is 70.3 Å². The van der Waals surface area contributed by atoms with Gasteiger partial charge in [-0.25, -0.2) is 13.8 Å². The van der Waals surface area contributed by atoms with Crippen molar-refractivity contribution in [2.75, 3.05) is 58.0 Å². The lowest BCUT2D eigenvalue weighted by atomic mass is 9.70. The molecule has 9 nitrogen and oxygen atoms in total. The van der Waals surface area contributed by atoms with Crippen LogP contribution in [0.15, 0.2) is 24.3 Å². The third-order valence-corrected chi connectivity index (χ3v) is 12.7. The van der Waals surface area contributed by atoms with Crippen molar-refractivity contribution >= 4 is 27.5 Å². The molecule has 2 aromatic heterocycles. The van der Waals surface area contributed by atoms with Gasteiger partial charge in [-0.05, 0) is 99.3 Å². The second kappa shape index (κ2) is 13.0. The monoisotopic (exact) mass is 709 g/mol. The summed E-state index contributed by atoms with van der Waals surface area (Å²) in [6.07, 6.45) is 17.8. The molecule has 0 bridgehead atoms. The smallest absolute Gasteiger partial charge is 0.319 e. The molecule has 3 saturated carbocycles. The molecular formula is C41H45F2N5O4. The second-order valence-electron chi connectivity index (χ2n) is 15.9. The molecule has 5 fully saturated rings. The third-order valence-electron chi connectivity index (χ3n) is 12.7. The van der Waals surface area contributed by atoms with Gasteiger partial charge in [0.2, 0.25) is 5.88 Å². The number of aromatic nitrogens is 3. The summed E-state index contributed by atoms with van der Waals surface area (Å²) in [5.41, 5.74) is 0.544. The van der Waals surface area contributed by atoms with Crippen LogP contribution in [0.3, 0.4) is 0 Å². The van der Waals surface area contributed by atoms with Gasteiger partial charge < -0.3 is 24.2 Å². The summed E-state index contributed by atoms with van der Waals surface area (Å²) >= 11 is 0. The molecule has 5 aliphatic rings. The number of aromatic hydroxyl groups is 1. The first kappa shape index (κ1) is 33.6. The van der Waals surface area contributed by atoms with Gasteiger partial charge >= 0.3 is 6.01 Å². The molecule has 0 radical (unpaired) electrons. The van der Waals surface area contributed by atoms with Crippen LogP contribution in [-0.4, -0.2) is 84.1 Å². The molecular weight excluding hydrogens is 664 g/mol. The number of hydrogen-bond acceptors (Lipinski definition) is 9. The third kappa shape index (κ3) is 5.70. The van der Waals surface area contributed by atoms with Crippen LogP contribution in [0.2, 0.25) is 0 Å². The zero-order valence-corrected chi connectivity index (χ0v) is 29.7. The highest BCUT2D eigenvalue weighted by Gasteiger charge is 2.55. The van der Waals surface area contributed by atoms with Gasteiger partial charge in [0.25, 0.3) is 0 Å². The van der Waals surface area contributed by atoms with Gasteiger partial charge in [-0.2, -0.15) is 9.97 Å². The first-order valence-corrected chi connectivity index (χ1v) is 18.9. The Morgan fingerprint density at radius 1 is 1.00 bits per heavy atom. The topological polar surface area (TPSA) is 93.1 Å². The number of methoxy groups -OCH3 is 1. The number of phenols is 1. The van der Waals surface area contributed by atoms with Crippen LogP contribution < -0.4 is 14.4 Å². The molecule has 2 aliphatic heterocycles. The number of rotatable bonds is 8. The molecule has 4 aromatic rings. The number of benzene rings is 2. The Kier molecular flexibility index (Phi) is 8.38. The van der Waals surface area contributed by atoms with E-state index in [1.807, 2.05) is 4.90 Å². The van der Waals surface area contributed by atoms with Crippen LogP contribution >= 0.6 is 0 Å². The number of terminal acetylenes is 1. The van der Waals surface area contributed by atoms with Crippen molar-refractivity contribution in [3.8, 4) is 41.2 Å². The summed E-state index contributed by atoms with van der Waals surface area (Å²) in [5.74, 6) is 2.21. The molecule has 1 spiro atoms. The fraction of sp³-hybridized carbons (Fsp3) is 0.537. The van der Waals surface area contributed by atoms with Crippen LogP contribution in [0.4, 0.5) is 14.6 Å². The number of nitrogens with zero attached hydrogens (tertiary/aromatic N) is 5. The van der Waals surface area contributed by atoms with Gasteiger partial charge in [0, 0.05) is 48.6 Å². The zero-order valence-electron chi connectivity index (χ0n) is 29.7. The Balaban J connectivity index is 1.13. The largest absolute Gasteiger partial charge is 0.508 e. The molecule has 272 valence electrons. The summed E-state index contributed by atoms with van der Waals surface area (Å²) in [6, 6.07) is 6.08. The van der Waals surface area contributed by atoms with E-state index in [2.05, 4.69) is 15.8 Å². The molecule has 11 heteroatoms. The van der Waals surface area contributed by atoms with E-state index in [-0.39, 0.29) is 50.8 Å². The summed E-state index contributed by atoms with van der Waals surface area (Å²) < 4.78 is 50.4. The summed E-state index contributed by atoms with van der Waals surface area (Å²) in [7, 11) is 1.46. The number of pyridine rings is 1. The van der Waals surface area contributed by atoms with E-state index in [9.17, 15) is 5.11 Å². The molecule has 0 unspecified atom stereocenters. The highest BCUT2D eigenvalue weighted by atomic mass is 19.1. The van der Waals surface area contributed by atoms with Crippen LogP contribution in [0.25, 0.3) is 32.9 Å². The molecule has 0 amide bonds. The van der Waals surface area contributed by atoms with Crippen molar-refractivity contribution in [1.29, 1.82) is 0 Å². The Morgan fingerprint density at radius 2 is 1.85 bits per heavy atom. The number of halogens is 2. The molecule has 2 atom stereocenters. The highest BCUT2D eigenvalue weighted by Crippen LogP contribution is 2.63. The second-order valence-corrected chi connectivity index (χ2v) is 15.9. The predicted octanol–water partition coefficient (Wildman–Crippen LogP) is 7.25. The summed E-state index contributed by atoms with van der Waals surface area (Å²) in [6.45, 7) is 5.02. The van der Waals surface area contributed by atoms with Crippen molar-refractivity contribution in [3.05, 3.63) is 41.5 Å². The highest BCUT2D eigenvalue weighted by molar-refractivity contribution is 6.04. The minimum atomic E-state index is -0.774. The standard InChI is InChI=1S/C41H45F2N5O4/c1-3-28-30(42)9-8-26-19-27(49)20-29(32(26)28)35-34(43)36-33(38(44-35)50-2)37(47-15-6-17-51-18-16-47)46-39(45-36)52-24-41-10-4-7-31(41)48(14-5-11-41)23-25-21-40(22-25)12-13-40/h1,8-9,19-20,25,31,49H,4-7,10-18,21-24H2,2H3/t31-,41-/m1/s1.